The first-order chi connectivity index (χ1) is 13.0. The Bertz CT molecular complexity index is 1170. The third-order valence-electron chi connectivity index (χ3n) is 3.89. The van der Waals surface area contributed by atoms with Crippen LogP contribution in [-0.4, -0.2) is 20.5 Å². The number of carbonyl (C=O) groups excluding carboxylic acids is 1. The lowest BCUT2D eigenvalue weighted by atomic mass is 10.1. The molecule has 0 saturated carbocycles. The third kappa shape index (κ3) is 3.45. The molecule has 4 aromatic rings. The Morgan fingerprint density at radius 1 is 1.07 bits per heavy atom. The number of ether oxygens (including phenoxy) is 1. The first-order valence-electron chi connectivity index (χ1n) is 7.89. The summed E-state index contributed by atoms with van der Waals surface area (Å²) >= 11 is 12.1. The summed E-state index contributed by atoms with van der Waals surface area (Å²) in [4.78, 5) is 15.7. The Morgan fingerprint density at radius 2 is 1.93 bits per heavy atom. The summed E-state index contributed by atoms with van der Waals surface area (Å²) in [6, 6.07) is 15.5. The van der Waals surface area contributed by atoms with E-state index in [0.29, 0.717) is 28.0 Å². The molecule has 0 bridgehead atoms. The van der Waals surface area contributed by atoms with Crippen molar-refractivity contribution in [1.29, 1.82) is 0 Å². The molecule has 0 saturated heterocycles. The fourth-order valence-corrected chi connectivity index (χ4v) is 3.09. The maximum atomic E-state index is 11.4. The summed E-state index contributed by atoms with van der Waals surface area (Å²) < 4.78 is 7.40. The molecule has 0 aliphatic heterocycles. The normalized spacial score (nSPS) is 10.9. The maximum Gasteiger partial charge on any atom is 0.250 e. The molecule has 2 aromatic carbocycles. The highest BCUT2D eigenvalue weighted by Gasteiger charge is 2.13. The van der Waals surface area contributed by atoms with E-state index in [0.717, 1.165) is 5.56 Å². The van der Waals surface area contributed by atoms with Gasteiger partial charge in [0.15, 0.2) is 5.65 Å². The number of rotatable bonds is 4. The zero-order valence-corrected chi connectivity index (χ0v) is 15.3. The largest absolute Gasteiger partial charge is 0.438 e. The monoisotopic (exact) mass is 398 g/mol. The molecule has 2 aromatic heterocycles. The van der Waals surface area contributed by atoms with Gasteiger partial charge in [0.05, 0.1) is 22.5 Å². The fourth-order valence-electron chi connectivity index (χ4n) is 2.63. The van der Waals surface area contributed by atoms with Crippen LogP contribution >= 0.6 is 23.2 Å². The van der Waals surface area contributed by atoms with Crippen molar-refractivity contribution in [3.8, 4) is 22.9 Å². The maximum absolute atomic E-state index is 11.4. The molecule has 8 heteroatoms. The van der Waals surface area contributed by atoms with Crippen molar-refractivity contribution < 1.29 is 9.53 Å². The first kappa shape index (κ1) is 17.3. The predicted octanol–water partition coefficient (Wildman–Crippen LogP) is 4.59. The van der Waals surface area contributed by atoms with Crippen molar-refractivity contribution >= 4 is 34.8 Å². The molecule has 2 heterocycles. The van der Waals surface area contributed by atoms with Crippen LogP contribution in [0.1, 0.15) is 10.4 Å². The van der Waals surface area contributed by atoms with Crippen LogP contribution in [0.5, 0.6) is 11.6 Å². The smallest absolute Gasteiger partial charge is 0.250 e. The van der Waals surface area contributed by atoms with Crippen molar-refractivity contribution in [1.82, 2.24) is 14.6 Å². The van der Waals surface area contributed by atoms with Gasteiger partial charge < -0.3 is 10.5 Å². The second kappa shape index (κ2) is 6.90. The lowest BCUT2D eigenvalue weighted by molar-refractivity contribution is 0.100. The molecule has 27 heavy (non-hydrogen) atoms. The lowest BCUT2D eigenvalue weighted by Gasteiger charge is -2.07. The van der Waals surface area contributed by atoms with E-state index in [1.165, 1.54) is 0 Å². The SMILES string of the molecule is NC(=O)c1ccc(-c2cnc3ccc(Oc4cccc(Cl)c4)nn23)cc1Cl. The quantitative estimate of drug-likeness (QED) is 0.544. The number of aromatic nitrogens is 3. The summed E-state index contributed by atoms with van der Waals surface area (Å²) in [5.74, 6) is 0.369. The molecular weight excluding hydrogens is 387 g/mol. The first-order valence-corrected chi connectivity index (χ1v) is 8.65. The van der Waals surface area contributed by atoms with Crippen molar-refractivity contribution in [2.75, 3.05) is 0 Å². The van der Waals surface area contributed by atoms with Crippen LogP contribution < -0.4 is 10.5 Å². The highest BCUT2D eigenvalue weighted by molar-refractivity contribution is 6.34. The molecule has 0 aliphatic carbocycles. The Labute approximate surface area is 164 Å². The average Bonchev–Trinajstić information content (AvgIpc) is 3.04. The number of fused-ring (bicyclic) bond motifs is 1. The number of primary amides is 1. The molecule has 6 nitrogen and oxygen atoms in total. The second-order valence-electron chi connectivity index (χ2n) is 5.70. The second-order valence-corrected chi connectivity index (χ2v) is 6.55. The van der Waals surface area contributed by atoms with Crippen LogP contribution in [0.3, 0.4) is 0 Å². The molecule has 0 spiro atoms. The molecule has 0 aliphatic rings. The Morgan fingerprint density at radius 3 is 2.67 bits per heavy atom. The van der Waals surface area contributed by atoms with E-state index in [4.69, 9.17) is 33.7 Å². The minimum atomic E-state index is -0.583. The summed E-state index contributed by atoms with van der Waals surface area (Å²) in [7, 11) is 0. The van der Waals surface area contributed by atoms with Crippen molar-refractivity contribution in [2.24, 2.45) is 5.73 Å². The number of nitrogens with two attached hydrogens (primary N) is 1. The number of amides is 1. The van der Waals surface area contributed by atoms with E-state index in [1.54, 1.807) is 65.3 Å². The molecule has 0 unspecified atom stereocenters. The van der Waals surface area contributed by atoms with Crippen molar-refractivity contribution in [3.63, 3.8) is 0 Å². The van der Waals surface area contributed by atoms with Crippen LogP contribution in [0, 0.1) is 0 Å². The minimum absolute atomic E-state index is 0.257. The highest BCUT2D eigenvalue weighted by Crippen LogP contribution is 2.28. The number of nitrogens with zero attached hydrogens (tertiary/aromatic N) is 3. The molecule has 2 N–H and O–H groups in total. The van der Waals surface area contributed by atoms with Crippen molar-refractivity contribution in [2.45, 2.75) is 0 Å². The van der Waals surface area contributed by atoms with Gasteiger partial charge in [-0.05, 0) is 36.4 Å². The highest BCUT2D eigenvalue weighted by atomic mass is 35.5. The zero-order valence-electron chi connectivity index (χ0n) is 13.8. The number of halogens is 2. The van der Waals surface area contributed by atoms with Crippen LogP contribution in [-0.2, 0) is 0 Å². The van der Waals surface area contributed by atoms with E-state index >= 15 is 0 Å². The van der Waals surface area contributed by atoms with Gasteiger partial charge in [0.2, 0.25) is 11.8 Å². The van der Waals surface area contributed by atoms with Gasteiger partial charge in [-0.15, -0.1) is 5.10 Å². The van der Waals surface area contributed by atoms with Crippen LogP contribution in [0.4, 0.5) is 0 Å². The third-order valence-corrected chi connectivity index (χ3v) is 4.43. The molecule has 134 valence electrons. The van der Waals surface area contributed by atoms with Gasteiger partial charge in [0.25, 0.3) is 0 Å². The number of benzene rings is 2. The molecule has 4 rings (SSSR count). The van der Waals surface area contributed by atoms with E-state index < -0.39 is 5.91 Å². The van der Waals surface area contributed by atoms with E-state index in [9.17, 15) is 4.79 Å². The number of carbonyl (C=O) groups is 1. The molecule has 0 atom stereocenters. The van der Waals surface area contributed by atoms with Crippen LogP contribution in [0.15, 0.2) is 60.8 Å². The van der Waals surface area contributed by atoms with Crippen LogP contribution in [0.25, 0.3) is 16.9 Å². The van der Waals surface area contributed by atoms with Gasteiger partial charge in [-0.2, -0.15) is 0 Å². The zero-order chi connectivity index (χ0) is 19.0. The summed E-state index contributed by atoms with van der Waals surface area (Å²) in [5, 5.41) is 5.31. The molecular formula is C19H12Cl2N4O2. The standard InChI is InChI=1S/C19H12Cl2N4O2/c20-12-2-1-3-13(9-12)27-18-7-6-17-23-10-16(25(17)24-18)11-4-5-14(19(22)26)15(21)8-11/h1-10H,(H2,22,26). The lowest BCUT2D eigenvalue weighted by Crippen LogP contribution is -2.11. The Balaban J connectivity index is 1.74. The molecule has 0 radical (unpaired) electrons. The molecule has 1 amide bonds. The number of imidazole rings is 1. The summed E-state index contributed by atoms with van der Waals surface area (Å²) in [6.07, 6.45) is 1.67. The fraction of sp³-hybridized carbons (Fsp3) is 0. The van der Waals surface area contributed by atoms with Gasteiger partial charge in [0.1, 0.15) is 5.75 Å². The summed E-state index contributed by atoms with van der Waals surface area (Å²) in [5.41, 5.74) is 7.63. The minimum Gasteiger partial charge on any atom is -0.438 e. The van der Waals surface area contributed by atoms with Gasteiger partial charge in [0, 0.05) is 16.7 Å². The predicted molar refractivity (Wildman–Crippen MR) is 103 cm³/mol. The van der Waals surface area contributed by atoms with Gasteiger partial charge in [-0.3, -0.25) is 4.79 Å². The van der Waals surface area contributed by atoms with E-state index in [-0.39, 0.29) is 10.6 Å². The van der Waals surface area contributed by atoms with E-state index in [2.05, 4.69) is 10.1 Å². The van der Waals surface area contributed by atoms with Crippen molar-refractivity contribution in [3.05, 3.63) is 76.4 Å². The van der Waals surface area contributed by atoms with E-state index in [1.807, 2.05) is 0 Å². The Kier molecular flexibility index (Phi) is 4.43. The number of hydrogen-bond donors (Lipinski definition) is 1. The van der Waals surface area contributed by atoms with Gasteiger partial charge in [-0.25, -0.2) is 9.50 Å². The summed E-state index contributed by atoms with van der Waals surface area (Å²) in [6.45, 7) is 0. The molecule has 0 fully saturated rings. The van der Waals surface area contributed by atoms with Gasteiger partial charge in [-0.1, -0.05) is 35.3 Å². The van der Waals surface area contributed by atoms with Gasteiger partial charge >= 0.3 is 0 Å². The average molecular weight is 399 g/mol. The Hall–Kier alpha value is -3.09. The topological polar surface area (TPSA) is 82.5 Å². The number of hydrogen-bond acceptors (Lipinski definition) is 4. The van der Waals surface area contributed by atoms with Crippen LogP contribution in [0.2, 0.25) is 10.0 Å².